The lowest BCUT2D eigenvalue weighted by molar-refractivity contribution is -0.138. The van der Waals surface area contributed by atoms with E-state index in [-0.39, 0.29) is 19.3 Å². The van der Waals surface area contributed by atoms with Crippen molar-refractivity contribution in [3.8, 4) is 34.0 Å². The molecule has 0 radical (unpaired) electrons. The molecule has 4 aromatic rings. The lowest BCUT2D eigenvalue weighted by Gasteiger charge is -2.13. The predicted octanol–water partition coefficient (Wildman–Crippen LogP) is 6.10. The molecule has 0 aliphatic carbocycles. The molecule has 40 heavy (non-hydrogen) atoms. The van der Waals surface area contributed by atoms with E-state index in [0.29, 0.717) is 36.8 Å². The minimum Gasteiger partial charge on any atom is -0.497 e. The summed E-state index contributed by atoms with van der Waals surface area (Å²) in [5, 5.41) is 23.8. The number of aliphatic carboxylic acids is 2. The van der Waals surface area contributed by atoms with Gasteiger partial charge in [0.15, 0.2) is 0 Å². The summed E-state index contributed by atoms with van der Waals surface area (Å²) in [6, 6.07) is 23.3. The lowest BCUT2D eigenvalue weighted by Crippen LogP contribution is -2.05. The Morgan fingerprint density at radius 1 is 0.875 bits per heavy atom. The van der Waals surface area contributed by atoms with Crippen molar-refractivity contribution >= 4 is 11.9 Å². The van der Waals surface area contributed by atoms with Crippen LogP contribution in [-0.4, -0.2) is 45.6 Å². The van der Waals surface area contributed by atoms with Crippen molar-refractivity contribution in [2.45, 2.75) is 45.6 Å². The molecule has 0 saturated carbocycles. The van der Waals surface area contributed by atoms with Gasteiger partial charge in [-0.1, -0.05) is 55.5 Å². The molecule has 208 valence electrons. The maximum Gasteiger partial charge on any atom is 0.303 e. The second-order valence-electron chi connectivity index (χ2n) is 9.52. The van der Waals surface area contributed by atoms with Crippen LogP contribution in [0.4, 0.5) is 0 Å². The minimum absolute atomic E-state index is 0.0160. The zero-order valence-corrected chi connectivity index (χ0v) is 22.8. The van der Waals surface area contributed by atoms with Crippen molar-refractivity contribution in [2.75, 3.05) is 13.7 Å². The molecule has 0 saturated heterocycles. The fourth-order valence-corrected chi connectivity index (χ4v) is 4.65. The average molecular weight is 543 g/mol. The molecular formula is C32H34N2O6. The first-order chi connectivity index (χ1) is 19.4. The van der Waals surface area contributed by atoms with Crippen LogP contribution in [0.3, 0.4) is 0 Å². The summed E-state index contributed by atoms with van der Waals surface area (Å²) in [5.74, 6) is -0.475. The van der Waals surface area contributed by atoms with E-state index in [0.717, 1.165) is 39.9 Å². The van der Waals surface area contributed by atoms with E-state index < -0.39 is 11.9 Å². The number of carbonyl (C=O) groups is 2. The number of nitrogens with zero attached hydrogens (tertiary/aromatic N) is 2. The third-order valence-corrected chi connectivity index (χ3v) is 6.55. The monoisotopic (exact) mass is 542 g/mol. The van der Waals surface area contributed by atoms with Gasteiger partial charge in [0.1, 0.15) is 11.5 Å². The molecule has 8 nitrogen and oxygen atoms in total. The van der Waals surface area contributed by atoms with Gasteiger partial charge in [-0.15, -0.1) is 0 Å². The van der Waals surface area contributed by atoms with Crippen molar-refractivity contribution in [3.05, 3.63) is 89.5 Å². The van der Waals surface area contributed by atoms with E-state index >= 15 is 0 Å². The molecule has 4 rings (SSSR count). The number of hydrogen-bond donors (Lipinski definition) is 2. The quantitative estimate of drug-likeness (QED) is 0.198. The fourth-order valence-electron chi connectivity index (χ4n) is 4.65. The van der Waals surface area contributed by atoms with Crippen molar-refractivity contribution in [1.82, 2.24) is 9.78 Å². The Bertz CT molecular complexity index is 1460. The third-order valence-electron chi connectivity index (χ3n) is 6.55. The van der Waals surface area contributed by atoms with Crippen LogP contribution in [0.1, 0.15) is 42.9 Å². The van der Waals surface area contributed by atoms with Gasteiger partial charge in [-0.2, -0.15) is 5.10 Å². The summed E-state index contributed by atoms with van der Waals surface area (Å²) < 4.78 is 13.6. The number of ether oxygens (including phenoxy) is 2. The van der Waals surface area contributed by atoms with Gasteiger partial charge in [0, 0.05) is 29.5 Å². The maximum absolute atomic E-state index is 11.7. The number of benzene rings is 3. The zero-order valence-electron chi connectivity index (χ0n) is 22.8. The second-order valence-corrected chi connectivity index (χ2v) is 9.52. The molecule has 0 fully saturated rings. The Labute approximate surface area is 233 Å². The number of aryl methyl sites for hydroxylation is 1. The summed E-state index contributed by atoms with van der Waals surface area (Å²) >= 11 is 0. The van der Waals surface area contributed by atoms with E-state index in [4.69, 9.17) is 19.7 Å². The van der Waals surface area contributed by atoms with Crippen LogP contribution in [0, 0.1) is 0 Å². The highest BCUT2D eigenvalue weighted by Crippen LogP contribution is 2.39. The standard InChI is InChI=1S/C32H34N2O6/c1-3-18-40-28-19-22(13-16-29(35)36)12-14-26(28)31-27(15-17-30(37)38)32(24-10-7-11-25(20-24)39-2)34(33-31)21-23-8-5-4-6-9-23/h4-12,14,19-20H,3,13,15-18,21H2,1-2H3,(H,35,36)(H,37,38). The fraction of sp³-hybridized carbons (Fsp3) is 0.281. The molecule has 0 spiro atoms. The lowest BCUT2D eigenvalue weighted by atomic mass is 9.96. The molecular weight excluding hydrogens is 508 g/mol. The number of rotatable bonds is 14. The number of carboxylic acids is 2. The largest absolute Gasteiger partial charge is 0.497 e. The molecule has 0 amide bonds. The van der Waals surface area contributed by atoms with E-state index in [2.05, 4.69) is 0 Å². The normalized spacial score (nSPS) is 10.8. The van der Waals surface area contributed by atoms with Crippen LogP contribution in [0.15, 0.2) is 72.8 Å². The molecule has 2 N–H and O–H groups in total. The first-order valence-electron chi connectivity index (χ1n) is 13.4. The van der Waals surface area contributed by atoms with Gasteiger partial charge in [-0.3, -0.25) is 14.3 Å². The highest BCUT2D eigenvalue weighted by molar-refractivity contribution is 5.79. The zero-order chi connectivity index (χ0) is 28.5. The first kappa shape index (κ1) is 28.4. The Balaban J connectivity index is 1.93. The summed E-state index contributed by atoms with van der Waals surface area (Å²) in [6.07, 6.45) is 1.38. The Hall–Kier alpha value is -4.59. The smallest absolute Gasteiger partial charge is 0.303 e. The Kier molecular flexibility index (Phi) is 9.57. The van der Waals surface area contributed by atoms with Gasteiger partial charge in [-0.25, -0.2) is 0 Å². The molecule has 0 aliphatic heterocycles. The number of methoxy groups -OCH3 is 1. The SMILES string of the molecule is CCCOc1cc(CCC(=O)O)ccc1-c1nn(Cc2ccccc2)c(-c2cccc(OC)c2)c1CCC(=O)O. The molecule has 3 aromatic carbocycles. The second kappa shape index (κ2) is 13.5. The van der Waals surface area contributed by atoms with Crippen LogP contribution in [0.5, 0.6) is 11.5 Å². The van der Waals surface area contributed by atoms with Gasteiger partial charge in [0.2, 0.25) is 0 Å². The topological polar surface area (TPSA) is 111 Å². The molecule has 0 bridgehead atoms. The predicted molar refractivity (Wildman–Crippen MR) is 153 cm³/mol. The molecule has 0 atom stereocenters. The maximum atomic E-state index is 11.7. The van der Waals surface area contributed by atoms with Crippen LogP contribution in [0.25, 0.3) is 22.5 Å². The summed E-state index contributed by atoms with van der Waals surface area (Å²) in [7, 11) is 1.61. The van der Waals surface area contributed by atoms with Crippen molar-refractivity contribution in [1.29, 1.82) is 0 Å². The molecule has 0 aliphatic rings. The van der Waals surface area contributed by atoms with E-state index in [9.17, 15) is 14.7 Å². The number of carboxylic acid groups (broad SMARTS) is 2. The van der Waals surface area contributed by atoms with E-state index in [1.807, 2.05) is 84.4 Å². The minimum atomic E-state index is -0.898. The summed E-state index contributed by atoms with van der Waals surface area (Å²) in [4.78, 5) is 22.9. The van der Waals surface area contributed by atoms with Crippen molar-refractivity contribution in [3.63, 3.8) is 0 Å². The van der Waals surface area contributed by atoms with Gasteiger partial charge in [0.05, 0.1) is 31.6 Å². The summed E-state index contributed by atoms with van der Waals surface area (Å²) in [6.45, 7) is 2.98. The summed E-state index contributed by atoms with van der Waals surface area (Å²) in [5.41, 5.74) is 5.76. The molecule has 0 unspecified atom stereocenters. The van der Waals surface area contributed by atoms with E-state index in [1.165, 1.54) is 0 Å². The highest BCUT2D eigenvalue weighted by atomic mass is 16.5. The number of hydrogen-bond acceptors (Lipinski definition) is 5. The van der Waals surface area contributed by atoms with Crippen LogP contribution in [0.2, 0.25) is 0 Å². The van der Waals surface area contributed by atoms with Crippen molar-refractivity contribution in [2.24, 2.45) is 0 Å². The highest BCUT2D eigenvalue weighted by Gasteiger charge is 2.24. The van der Waals surface area contributed by atoms with Gasteiger partial charge >= 0.3 is 11.9 Å². The van der Waals surface area contributed by atoms with Gasteiger partial charge in [-0.05, 0) is 54.7 Å². The number of aromatic nitrogens is 2. The van der Waals surface area contributed by atoms with Crippen LogP contribution < -0.4 is 9.47 Å². The Morgan fingerprint density at radius 2 is 1.62 bits per heavy atom. The van der Waals surface area contributed by atoms with E-state index in [1.54, 1.807) is 7.11 Å². The van der Waals surface area contributed by atoms with Crippen molar-refractivity contribution < 1.29 is 29.3 Å². The molecule has 1 aromatic heterocycles. The third kappa shape index (κ3) is 7.08. The molecule has 8 heteroatoms. The van der Waals surface area contributed by atoms with Gasteiger partial charge < -0.3 is 19.7 Å². The van der Waals surface area contributed by atoms with Crippen LogP contribution >= 0.6 is 0 Å². The van der Waals surface area contributed by atoms with Crippen LogP contribution in [-0.2, 0) is 29.0 Å². The average Bonchev–Trinajstić information content (AvgIpc) is 3.31. The first-order valence-corrected chi connectivity index (χ1v) is 13.4. The van der Waals surface area contributed by atoms with Gasteiger partial charge in [0.25, 0.3) is 0 Å². The molecule has 1 heterocycles. The Morgan fingerprint density at radius 3 is 2.33 bits per heavy atom.